The number of benzene rings is 2. The number of carbonyl (C=O) groups excluding carboxylic acids is 6. The highest BCUT2D eigenvalue weighted by Crippen LogP contribution is 2.21. The van der Waals surface area contributed by atoms with Gasteiger partial charge in [0.25, 0.3) is 11.8 Å². The minimum Gasteiger partial charge on any atom is -0.508 e. The summed E-state index contributed by atoms with van der Waals surface area (Å²) in [4.78, 5) is 121. The van der Waals surface area contributed by atoms with Gasteiger partial charge in [0, 0.05) is 29.3 Å². The largest absolute Gasteiger partial charge is 0.508 e. The van der Waals surface area contributed by atoms with Crippen LogP contribution in [-0.2, 0) is 28.8 Å². The zero-order chi connectivity index (χ0) is 47.3. The molecule has 0 spiro atoms. The van der Waals surface area contributed by atoms with E-state index in [-0.39, 0.29) is 28.9 Å². The van der Waals surface area contributed by atoms with Crippen molar-refractivity contribution in [3.05, 3.63) is 80.5 Å². The Morgan fingerprint density at radius 3 is 1.48 bits per heavy atom. The third kappa shape index (κ3) is 13.8. The molecule has 0 aliphatic rings. The molecule has 2 unspecified atom stereocenters. The Morgan fingerprint density at radius 1 is 0.651 bits per heavy atom. The summed E-state index contributed by atoms with van der Waals surface area (Å²) < 4.78 is 28.0. The number of aliphatic carboxylic acids is 2. The predicted molar refractivity (Wildman–Crippen MR) is 220 cm³/mol. The standard InChI is InChI=1S/C22H26N2O8.C20H21FN2O8/c1-5-16(25)15(10-18(26)27)23-21(29)19(11(2)3)24-20(28)14-8-12-6-7-13(31-4)9-17(12)32-22(14)30;1-9(2)17(19(29)22-13(7-16(26)27)14(25)8-21)23-18(28)12-5-10-3-4-11(24)6-15(10)31-20(12)30/h6-9,11,15,19H,5,10H2,1-4H3,(H,23,29)(H,24,28)(H,26,27);3-6,9,13,17,24H,7-8H2,1-2H3,(H,22,29)(H,23,28)(H,26,27)/t15?,19-;13?,17-/m00/s1. The number of ether oxygens (including phenoxy) is 1. The molecule has 63 heavy (non-hydrogen) atoms. The lowest BCUT2D eigenvalue weighted by atomic mass is 10.0. The van der Waals surface area contributed by atoms with Gasteiger partial charge >= 0.3 is 23.2 Å². The molecule has 0 aliphatic heterocycles. The highest BCUT2D eigenvalue weighted by Gasteiger charge is 2.32. The molecule has 2 aromatic heterocycles. The Kier molecular flexibility index (Phi) is 17.8. The second-order valence-corrected chi connectivity index (χ2v) is 14.6. The van der Waals surface area contributed by atoms with Crippen molar-refractivity contribution in [2.45, 2.75) is 78.0 Å². The Bertz CT molecular complexity index is 2510. The smallest absolute Gasteiger partial charge is 0.349 e. The lowest BCUT2D eigenvalue weighted by Crippen LogP contribution is -2.54. The molecule has 4 aromatic rings. The maximum absolute atomic E-state index is 12.8. The number of aromatic hydroxyl groups is 1. The van der Waals surface area contributed by atoms with Crippen molar-refractivity contribution >= 4 is 69.1 Å². The van der Waals surface area contributed by atoms with E-state index in [0.717, 1.165) is 0 Å². The van der Waals surface area contributed by atoms with Crippen molar-refractivity contribution in [3.8, 4) is 11.5 Å². The van der Waals surface area contributed by atoms with Crippen LogP contribution in [0.15, 0.2) is 67.0 Å². The molecule has 0 radical (unpaired) electrons. The fourth-order valence-electron chi connectivity index (χ4n) is 5.85. The van der Waals surface area contributed by atoms with Gasteiger partial charge in [0.2, 0.25) is 11.8 Å². The number of rotatable bonds is 19. The second kappa shape index (κ2) is 22.4. The van der Waals surface area contributed by atoms with E-state index in [1.165, 1.54) is 43.5 Å². The van der Waals surface area contributed by atoms with Gasteiger partial charge in [0.1, 0.15) is 58.6 Å². The number of hydrogen-bond acceptors (Lipinski definition) is 14. The van der Waals surface area contributed by atoms with Crippen LogP contribution in [0.4, 0.5) is 4.39 Å². The van der Waals surface area contributed by atoms with E-state index in [4.69, 9.17) is 23.8 Å². The van der Waals surface area contributed by atoms with Crippen molar-refractivity contribution < 1.29 is 71.6 Å². The molecule has 338 valence electrons. The van der Waals surface area contributed by atoms with Crippen LogP contribution >= 0.6 is 0 Å². The number of ketones is 2. The van der Waals surface area contributed by atoms with Gasteiger partial charge in [-0.15, -0.1) is 0 Å². The molecule has 21 heteroatoms. The molecule has 0 saturated heterocycles. The molecular weight excluding hydrogens is 835 g/mol. The van der Waals surface area contributed by atoms with Gasteiger partial charge in [-0.05, 0) is 48.2 Å². The molecule has 4 rings (SSSR count). The van der Waals surface area contributed by atoms with E-state index < -0.39 is 119 Å². The quantitative estimate of drug-likeness (QED) is 0.0664. The summed E-state index contributed by atoms with van der Waals surface area (Å²) >= 11 is 0. The summed E-state index contributed by atoms with van der Waals surface area (Å²) in [6.45, 7) is 6.55. The number of methoxy groups -OCH3 is 1. The Morgan fingerprint density at radius 2 is 1.08 bits per heavy atom. The SMILES string of the molecule is CC(C)[C@H](NC(=O)c1cc2ccc(O)cc2oc1=O)C(=O)NC(CC(=O)O)C(=O)CF.CCC(=O)C(CC(=O)O)NC(=O)[C@@H](NC(=O)c1cc2ccc(OC)cc2oc1=O)C(C)C. The average Bonchev–Trinajstić information content (AvgIpc) is 3.22. The number of amides is 4. The lowest BCUT2D eigenvalue weighted by molar-refractivity contribution is -0.141. The fourth-order valence-corrected chi connectivity index (χ4v) is 5.85. The van der Waals surface area contributed by atoms with Crippen molar-refractivity contribution in [2.24, 2.45) is 11.8 Å². The first-order valence-corrected chi connectivity index (χ1v) is 19.3. The average molecular weight is 883 g/mol. The van der Waals surface area contributed by atoms with E-state index >= 15 is 0 Å². The van der Waals surface area contributed by atoms with Crippen LogP contribution in [-0.4, -0.2) is 100 Å². The van der Waals surface area contributed by atoms with E-state index in [1.54, 1.807) is 46.8 Å². The third-order valence-corrected chi connectivity index (χ3v) is 9.27. The summed E-state index contributed by atoms with van der Waals surface area (Å²) in [5, 5.41) is 37.5. The molecule has 7 N–H and O–H groups in total. The number of phenols is 1. The number of Topliss-reactive ketones (excluding diaryl/α,β-unsaturated/α-hetero) is 2. The lowest BCUT2D eigenvalue weighted by Gasteiger charge is -2.24. The van der Waals surface area contributed by atoms with E-state index in [9.17, 15) is 57.4 Å². The third-order valence-electron chi connectivity index (χ3n) is 9.27. The number of phenolic OH excluding ortho intramolecular Hbond substituents is 1. The van der Waals surface area contributed by atoms with Crippen LogP contribution in [0.1, 0.15) is 74.6 Å². The van der Waals surface area contributed by atoms with Crippen LogP contribution in [0.25, 0.3) is 21.9 Å². The van der Waals surface area contributed by atoms with Crippen molar-refractivity contribution in [1.29, 1.82) is 0 Å². The number of carbonyl (C=O) groups is 8. The summed E-state index contributed by atoms with van der Waals surface area (Å²) in [6, 6.07) is 6.10. The van der Waals surface area contributed by atoms with Gasteiger partial charge in [-0.25, -0.2) is 14.0 Å². The summed E-state index contributed by atoms with van der Waals surface area (Å²) in [7, 11) is 1.47. The predicted octanol–water partition coefficient (Wildman–Crippen LogP) is 2.25. The first-order chi connectivity index (χ1) is 29.6. The summed E-state index contributed by atoms with van der Waals surface area (Å²) in [5.74, 6) is -8.24. The van der Waals surface area contributed by atoms with Crippen LogP contribution in [0.5, 0.6) is 11.5 Å². The fraction of sp³-hybridized carbons (Fsp3) is 0.381. The topological polar surface area (TPSA) is 315 Å². The van der Waals surface area contributed by atoms with Crippen molar-refractivity contribution in [3.63, 3.8) is 0 Å². The van der Waals surface area contributed by atoms with E-state index in [1.807, 2.05) is 0 Å². The maximum Gasteiger partial charge on any atom is 0.349 e. The zero-order valence-corrected chi connectivity index (χ0v) is 34.9. The minimum absolute atomic E-state index is 0.0415. The van der Waals surface area contributed by atoms with Crippen molar-refractivity contribution in [1.82, 2.24) is 21.3 Å². The molecular formula is C42H47FN4O16. The minimum atomic E-state index is -1.61. The molecule has 2 aromatic carbocycles. The molecule has 20 nitrogen and oxygen atoms in total. The molecule has 2 heterocycles. The number of hydrogen-bond donors (Lipinski definition) is 7. The number of alkyl halides is 1. The van der Waals surface area contributed by atoms with Crippen LogP contribution < -0.4 is 37.3 Å². The van der Waals surface area contributed by atoms with Gasteiger partial charge in [-0.1, -0.05) is 34.6 Å². The van der Waals surface area contributed by atoms with Gasteiger partial charge in [-0.2, -0.15) is 0 Å². The van der Waals surface area contributed by atoms with Gasteiger partial charge in [-0.3, -0.25) is 38.4 Å². The van der Waals surface area contributed by atoms with Gasteiger partial charge in [0.15, 0.2) is 11.6 Å². The molecule has 4 atom stereocenters. The zero-order valence-electron chi connectivity index (χ0n) is 34.9. The number of carboxylic acids is 2. The first kappa shape index (κ1) is 49.9. The van der Waals surface area contributed by atoms with E-state index in [0.29, 0.717) is 16.5 Å². The molecule has 0 fully saturated rings. The van der Waals surface area contributed by atoms with Gasteiger partial charge in [0.05, 0.1) is 26.0 Å². The maximum atomic E-state index is 12.8. The number of nitrogens with one attached hydrogen (secondary N) is 4. The number of carboxylic acid groups (broad SMARTS) is 2. The molecule has 0 aliphatic carbocycles. The highest BCUT2D eigenvalue weighted by molar-refractivity contribution is 6.02. The van der Waals surface area contributed by atoms with Crippen LogP contribution in [0.2, 0.25) is 0 Å². The molecule has 4 amide bonds. The molecule has 0 saturated carbocycles. The number of fused-ring (bicyclic) bond motifs is 2. The Hall–Kier alpha value is -7.45. The van der Waals surface area contributed by atoms with Gasteiger partial charge < -0.3 is 50.2 Å². The second-order valence-electron chi connectivity index (χ2n) is 14.6. The normalized spacial score (nSPS) is 12.8. The molecule has 0 bridgehead atoms. The number of halogens is 1. The summed E-state index contributed by atoms with van der Waals surface area (Å²) in [6.07, 6.45) is -1.36. The van der Waals surface area contributed by atoms with Crippen LogP contribution in [0, 0.1) is 11.8 Å². The van der Waals surface area contributed by atoms with E-state index in [2.05, 4.69) is 21.3 Å². The monoisotopic (exact) mass is 882 g/mol. The van der Waals surface area contributed by atoms with Crippen LogP contribution in [0.3, 0.4) is 0 Å². The van der Waals surface area contributed by atoms with Crippen molar-refractivity contribution in [2.75, 3.05) is 13.8 Å². The Labute approximate surface area is 357 Å². The highest BCUT2D eigenvalue weighted by atomic mass is 19.1. The Balaban J connectivity index is 0.000000335. The first-order valence-electron chi connectivity index (χ1n) is 19.3. The summed E-state index contributed by atoms with van der Waals surface area (Å²) in [5.41, 5.74) is -2.31.